The average molecular weight is 932 g/mol. The second kappa shape index (κ2) is 29.1. The van der Waals surface area contributed by atoms with Crippen molar-refractivity contribution in [3.8, 4) is 45.6 Å². The fourth-order valence-electron chi connectivity index (χ4n) is 7.19. The van der Waals surface area contributed by atoms with E-state index in [1.165, 1.54) is 22.3 Å². The first-order valence-electron chi connectivity index (χ1n) is 23.8. The van der Waals surface area contributed by atoms with Crippen LogP contribution in [0.3, 0.4) is 0 Å². The van der Waals surface area contributed by atoms with E-state index in [9.17, 15) is 0 Å². The fourth-order valence-corrected chi connectivity index (χ4v) is 7.19. The lowest BCUT2D eigenvalue weighted by Gasteiger charge is -2.02. The number of rotatable bonds is 4. The van der Waals surface area contributed by atoms with Gasteiger partial charge in [-0.3, -0.25) is 15.0 Å². The highest BCUT2D eigenvalue weighted by molar-refractivity contribution is 5.58. The Hall–Kier alpha value is -6.77. The first kappa shape index (κ1) is 59.2. The first-order valence-corrected chi connectivity index (χ1v) is 23.8. The second-order valence-corrected chi connectivity index (χ2v) is 15.0. The van der Waals surface area contributed by atoms with E-state index in [4.69, 9.17) is 0 Å². The molecule has 0 radical (unpaired) electrons. The summed E-state index contributed by atoms with van der Waals surface area (Å²) in [6, 6.07) is 16.4. The molecule has 8 aromatic rings. The standard InChI is InChI=1S/C12H16N3.3C11H15N4.4C2H6/c1-9-7-5-6-8-11(9)12-14(3)10(2)13-15(12)4;1-8-7-12-6-5-10(8)11-14(3)9(2)13-15(11)4;1-8-5-6-12-7-10(8)11-14(3)9(2)13-15(11)4;1-8-10(6-5-7-12-8)11-14(3)9(2)13-15(11)4;4*1-2/h5-8H,1-4H3;3*5-7H,1-4H3;4*1-2H3/q4*+1;;;;. The van der Waals surface area contributed by atoms with Crippen LogP contribution in [0, 0.1) is 55.4 Å². The Labute approximate surface area is 408 Å². The summed E-state index contributed by atoms with van der Waals surface area (Å²) in [6.07, 6.45) is 9.18. The minimum atomic E-state index is 0.996. The van der Waals surface area contributed by atoms with Gasteiger partial charge in [0.05, 0.1) is 84.3 Å². The molecule has 8 rings (SSSR count). The van der Waals surface area contributed by atoms with Crippen molar-refractivity contribution in [2.75, 3.05) is 0 Å². The molecular weight excluding hydrogens is 847 g/mol. The Morgan fingerprint density at radius 1 is 0.353 bits per heavy atom. The van der Waals surface area contributed by atoms with E-state index >= 15 is 0 Å². The molecule has 68 heavy (non-hydrogen) atoms. The third kappa shape index (κ3) is 14.6. The van der Waals surface area contributed by atoms with E-state index in [0.29, 0.717) is 0 Å². The highest BCUT2D eigenvalue weighted by atomic mass is 15.4. The summed E-state index contributed by atoms with van der Waals surface area (Å²) in [5, 5.41) is 17.6. The molecule has 0 spiro atoms. The van der Waals surface area contributed by atoms with Crippen LogP contribution >= 0.6 is 0 Å². The number of nitrogens with zero attached hydrogens (tertiary/aromatic N) is 15. The summed E-state index contributed by atoms with van der Waals surface area (Å²) in [5.74, 6) is 8.43. The third-order valence-corrected chi connectivity index (χ3v) is 10.8. The van der Waals surface area contributed by atoms with Gasteiger partial charge in [-0.05, 0) is 74.7 Å². The zero-order valence-electron chi connectivity index (χ0n) is 46.2. The fraction of sp³-hybridized carbons (Fsp3) is 0.453. The Balaban J connectivity index is 0.000000431. The minimum Gasteiger partial charge on any atom is -0.264 e. The molecule has 0 saturated carbocycles. The van der Waals surface area contributed by atoms with Crippen LogP contribution in [0.1, 0.15) is 101 Å². The Kier molecular flexibility index (Phi) is 25.3. The summed E-state index contributed by atoms with van der Waals surface area (Å²) < 4.78 is 16.0. The van der Waals surface area contributed by atoms with Crippen LogP contribution in [0.4, 0.5) is 0 Å². The summed E-state index contributed by atoms with van der Waals surface area (Å²) in [4.78, 5) is 12.5. The van der Waals surface area contributed by atoms with Gasteiger partial charge in [0.2, 0.25) is 0 Å². The van der Waals surface area contributed by atoms with Crippen molar-refractivity contribution in [3.05, 3.63) is 125 Å². The maximum atomic E-state index is 4.41. The molecule has 1 aromatic carbocycles. The Bertz CT molecular complexity index is 2370. The molecule has 0 unspecified atom stereocenters. The number of hydrogen-bond donors (Lipinski definition) is 0. The number of aromatic nitrogens is 15. The molecule has 0 fully saturated rings. The summed E-state index contributed by atoms with van der Waals surface area (Å²) >= 11 is 0. The number of aryl methyl sites for hydroxylation is 12. The quantitative estimate of drug-likeness (QED) is 0.162. The lowest BCUT2D eigenvalue weighted by Crippen LogP contribution is -2.32. The molecule has 368 valence electrons. The van der Waals surface area contributed by atoms with E-state index in [-0.39, 0.29) is 0 Å². The average Bonchev–Trinajstić information content (AvgIpc) is 3.95. The van der Waals surface area contributed by atoms with Crippen molar-refractivity contribution in [2.24, 2.45) is 56.4 Å². The number of hydrogen-bond acceptors (Lipinski definition) is 7. The van der Waals surface area contributed by atoms with Crippen molar-refractivity contribution < 1.29 is 18.3 Å². The van der Waals surface area contributed by atoms with E-state index in [1.807, 2.05) is 214 Å². The first-order chi connectivity index (χ1) is 32.4. The maximum absolute atomic E-state index is 4.41. The van der Waals surface area contributed by atoms with Crippen LogP contribution in [0.2, 0.25) is 0 Å². The van der Waals surface area contributed by atoms with Crippen LogP contribution in [0.25, 0.3) is 45.6 Å². The zero-order chi connectivity index (χ0) is 52.0. The van der Waals surface area contributed by atoms with Crippen molar-refractivity contribution >= 4 is 0 Å². The largest absolute Gasteiger partial charge is 0.274 e. The topological polar surface area (TPSA) is 125 Å². The molecule has 0 aliphatic rings. The molecule has 0 bridgehead atoms. The monoisotopic (exact) mass is 932 g/mol. The normalized spacial score (nSPS) is 9.76. The maximum Gasteiger partial charge on any atom is 0.274 e. The molecule has 0 saturated heterocycles. The highest BCUT2D eigenvalue weighted by Crippen LogP contribution is 2.21. The molecule has 0 amide bonds. The summed E-state index contributed by atoms with van der Waals surface area (Å²) in [6.45, 7) is 32.3. The van der Waals surface area contributed by atoms with E-state index in [0.717, 1.165) is 69.0 Å². The van der Waals surface area contributed by atoms with Gasteiger partial charge in [-0.15, -0.1) is 18.7 Å². The Morgan fingerprint density at radius 2 is 0.691 bits per heavy atom. The van der Waals surface area contributed by atoms with Crippen LogP contribution in [0.15, 0.2) is 79.5 Å². The highest BCUT2D eigenvalue weighted by Gasteiger charge is 2.23. The number of benzene rings is 1. The van der Waals surface area contributed by atoms with Crippen molar-refractivity contribution in [1.82, 2.24) is 54.1 Å². The molecule has 0 atom stereocenters. The van der Waals surface area contributed by atoms with Crippen LogP contribution in [-0.2, 0) is 56.4 Å². The number of pyridine rings is 3. The van der Waals surface area contributed by atoms with E-state index in [2.05, 4.69) is 105 Å². The van der Waals surface area contributed by atoms with Crippen LogP contribution in [-0.4, -0.2) is 54.1 Å². The van der Waals surface area contributed by atoms with Crippen molar-refractivity contribution in [3.63, 3.8) is 0 Å². The van der Waals surface area contributed by atoms with E-state index in [1.54, 1.807) is 0 Å². The lowest BCUT2D eigenvalue weighted by molar-refractivity contribution is -0.667. The minimum absolute atomic E-state index is 0.996. The van der Waals surface area contributed by atoms with Gasteiger partial charge >= 0.3 is 0 Å². The van der Waals surface area contributed by atoms with Crippen LogP contribution in [0.5, 0.6) is 0 Å². The van der Waals surface area contributed by atoms with E-state index < -0.39 is 0 Å². The van der Waals surface area contributed by atoms with Gasteiger partial charge in [0.1, 0.15) is 0 Å². The Morgan fingerprint density at radius 3 is 1.06 bits per heavy atom. The van der Waals surface area contributed by atoms with Gasteiger partial charge in [0, 0.05) is 79.1 Å². The predicted octanol–water partition coefficient (Wildman–Crippen LogP) is 8.40. The molecule has 0 aliphatic heterocycles. The van der Waals surface area contributed by atoms with Gasteiger partial charge < -0.3 is 0 Å². The molecule has 0 N–H and O–H groups in total. The summed E-state index contributed by atoms with van der Waals surface area (Å²) in [7, 11) is 16.0. The van der Waals surface area contributed by atoms with Gasteiger partial charge in [-0.1, -0.05) is 73.6 Å². The van der Waals surface area contributed by atoms with Crippen LogP contribution < -0.4 is 18.3 Å². The van der Waals surface area contributed by atoms with Crippen molar-refractivity contribution in [2.45, 2.75) is 111 Å². The third-order valence-electron chi connectivity index (χ3n) is 10.8. The van der Waals surface area contributed by atoms with Gasteiger partial charge in [-0.25, -0.2) is 18.3 Å². The molecular formula is C53H85N15+4. The summed E-state index contributed by atoms with van der Waals surface area (Å²) in [5.41, 5.74) is 9.34. The molecule has 7 heterocycles. The molecule has 15 nitrogen and oxygen atoms in total. The molecule has 7 aromatic heterocycles. The van der Waals surface area contributed by atoms with Crippen molar-refractivity contribution in [1.29, 1.82) is 0 Å². The second-order valence-electron chi connectivity index (χ2n) is 15.0. The SMILES string of the molecule is CC.CC.CC.CC.Cc1ccccc1-c1n(C)nc(C)[n+]1C.Cc1ccncc1-c1n(C)nc(C)[n+]1C.Cc1cnccc1-c1n(C)nc(C)[n+]1C.Cc1ncccc1-c1n(C)nc(C)[n+]1C. The van der Waals surface area contributed by atoms with Gasteiger partial charge in [0.15, 0.2) is 0 Å². The molecule has 0 aliphatic carbocycles. The molecule has 15 heteroatoms. The smallest absolute Gasteiger partial charge is 0.264 e. The zero-order valence-corrected chi connectivity index (χ0v) is 46.2. The van der Waals surface area contributed by atoms with Gasteiger partial charge in [-0.2, -0.15) is 0 Å². The van der Waals surface area contributed by atoms with Gasteiger partial charge in [0.25, 0.3) is 46.6 Å². The lowest BCUT2D eigenvalue weighted by atomic mass is 10.1. The predicted molar refractivity (Wildman–Crippen MR) is 276 cm³/mol.